The Morgan fingerprint density at radius 3 is 2.62 bits per heavy atom. The Morgan fingerprint density at radius 1 is 1.56 bits per heavy atom. The molecule has 1 saturated carbocycles. The van der Waals surface area contributed by atoms with Gasteiger partial charge in [0.25, 0.3) is 0 Å². The molecule has 0 aromatic heterocycles. The fourth-order valence-corrected chi connectivity index (χ4v) is 2.76. The van der Waals surface area contributed by atoms with Gasteiger partial charge in [0.2, 0.25) is 0 Å². The van der Waals surface area contributed by atoms with Crippen LogP contribution in [0.2, 0.25) is 5.02 Å². The van der Waals surface area contributed by atoms with E-state index in [4.69, 9.17) is 16.3 Å². The van der Waals surface area contributed by atoms with Gasteiger partial charge < -0.3 is 9.84 Å². The van der Waals surface area contributed by atoms with Crippen LogP contribution in [-0.4, -0.2) is 18.8 Å². The largest absolute Gasteiger partial charge is 0.495 e. The summed E-state index contributed by atoms with van der Waals surface area (Å²) < 4.78 is 5.18. The number of methoxy groups -OCH3 is 1. The number of aryl methyl sites for hydroxylation is 1. The summed E-state index contributed by atoms with van der Waals surface area (Å²) in [5.74, 6) is 1.23. The second-order valence-corrected chi connectivity index (χ2v) is 5.13. The number of ether oxygens (including phenoxy) is 1. The molecule has 0 saturated heterocycles. The first-order valence-corrected chi connectivity index (χ1v) is 5.88. The normalized spacial score (nSPS) is 27.9. The van der Waals surface area contributed by atoms with E-state index >= 15 is 0 Å². The van der Waals surface area contributed by atoms with Crippen molar-refractivity contribution in [2.45, 2.75) is 25.7 Å². The quantitative estimate of drug-likeness (QED) is 0.880. The molecule has 1 fully saturated rings. The van der Waals surface area contributed by atoms with Crippen LogP contribution in [0, 0.1) is 12.8 Å². The van der Waals surface area contributed by atoms with Gasteiger partial charge in [0.05, 0.1) is 18.7 Å². The molecule has 0 heterocycles. The summed E-state index contributed by atoms with van der Waals surface area (Å²) in [6.07, 6.45) is 1.03. The highest BCUT2D eigenvalue weighted by Gasteiger charge is 2.52. The SMILES string of the molecule is COc1cc(C)c(C2(CO)CC2C)cc1Cl. The van der Waals surface area contributed by atoms with Crippen LogP contribution in [0.1, 0.15) is 24.5 Å². The Bertz CT molecular complexity index is 413. The van der Waals surface area contributed by atoms with E-state index in [2.05, 4.69) is 6.92 Å². The van der Waals surface area contributed by atoms with E-state index in [1.165, 1.54) is 0 Å². The smallest absolute Gasteiger partial charge is 0.137 e. The molecule has 0 radical (unpaired) electrons. The number of aliphatic hydroxyl groups excluding tert-OH is 1. The lowest BCUT2D eigenvalue weighted by molar-refractivity contribution is 0.246. The zero-order valence-electron chi connectivity index (χ0n) is 9.88. The molecular weight excluding hydrogens is 224 g/mol. The number of aliphatic hydroxyl groups is 1. The van der Waals surface area contributed by atoms with Crippen molar-refractivity contribution in [1.29, 1.82) is 0 Å². The maximum absolute atomic E-state index is 9.55. The minimum Gasteiger partial charge on any atom is -0.495 e. The lowest BCUT2D eigenvalue weighted by Gasteiger charge is -2.18. The Kier molecular flexibility index (Phi) is 2.89. The van der Waals surface area contributed by atoms with Gasteiger partial charge in [0.1, 0.15) is 5.75 Å². The highest BCUT2D eigenvalue weighted by Crippen LogP contribution is 2.55. The summed E-state index contributed by atoms with van der Waals surface area (Å²) in [5.41, 5.74) is 2.23. The van der Waals surface area contributed by atoms with Crippen molar-refractivity contribution in [1.82, 2.24) is 0 Å². The fourth-order valence-electron chi connectivity index (χ4n) is 2.52. The van der Waals surface area contributed by atoms with E-state index < -0.39 is 0 Å². The first-order chi connectivity index (χ1) is 7.55. The molecule has 2 unspecified atom stereocenters. The van der Waals surface area contributed by atoms with Crippen LogP contribution in [0.15, 0.2) is 12.1 Å². The number of hydrogen-bond acceptors (Lipinski definition) is 2. The standard InChI is InChI=1S/C13H17ClO2/c1-8-4-12(16-3)11(14)5-10(8)13(7-15)6-9(13)2/h4-5,9,15H,6-7H2,1-3H3. The molecule has 88 valence electrons. The average molecular weight is 241 g/mol. The summed E-state index contributed by atoms with van der Waals surface area (Å²) in [7, 11) is 1.61. The van der Waals surface area contributed by atoms with E-state index in [-0.39, 0.29) is 12.0 Å². The highest BCUT2D eigenvalue weighted by atomic mass is 35.5. The van der Waals surface area contributed by atoms with Crippen molar-refractivity contribution >= 4 is 11.6 Å². The van der Waals surface area contributed by atoms with Crippen molar-refractivity contribution in [3.8, 4) is 5.75 Å². The summed E-state index contributed by atoms with van der Waals surface area (Å²) in [6, 6.07) is 3.88. The molecule has 2 nitrogen and oxygen atoms in total. The van der Waals surface area contributed by atoms with Gasteiger partial charge in [-0.05, 0) is 42.5 Å². The zero-order chi connectivity index (χ0) is 11.9. The molecular formula is C13H17ClO2. The van der Waals surface area contributed by atoms with Crippen LogP contribution in [0.5, 0.6) is 5.75 Å². The van der Waals surface area contributed by atoms with Crippen molar-refractivity contribution in [2.24, 2.45) is 5.92 Å². The van der Waals surface area contributed by atoms with Crippen LogP contribution < -0.4 is 4.74 Å². The molecule has 2 atom stereocenters. The van der Waals surface area contributed by atoms with Crippen LogP contribution in [0.4, 0.5) is 0 Å². The topological polar surface area (TPSA) is 29.5 Å². The Morgan fingerprint density at radius 2 is 2.19 bits per heavy atom. The minimum atomic E-state index is -0.0694. The third-order valence-corrected chi connectivity index (χ3v) is 4.07. The van der Waals surface area contributed by atoms with Crippen molar-refractivity contribution in [2.75, 3.05) is 13.7 Å². The Hall–Kier alpha value is -0.730. The van der Waals surface area contributed by atoms with Crippen LogP contribution in [0.3, 0.4) is 0 Å². The van der Waals surface area contributed by atoms with E-state index in [0.29, 0.717) is 16.7 Å². The average Bonchev–Trinajstić information content (AvgIpc) is 2.93. The van der Waals surface area contributed by atoms with E-state index in [9.17, 15) is 5.11 Å². The summed E-state index contributed by atoms with van der Waals surface area (Å²) >= 11 is 6.13. The van der Waals surface area contributed by atoms with Gasteiger partial charge in [-0.15, -0.1) is 0 Å². The van der Waals surface area contributed by atoms with Gasteiger partial charge in [0, 0.05) is 5.41 Å². The Balaban J connectivity index is 2.47. The molecule has 0 amide bonds. The molecule has 1 aromatic rings. The van der Waals surface area contributed by atoms with Gasteiger partial charge in [-0.2, -0.15) is 0 Å². The molecule has 1 aromatic carbocycles. The Labute approximate surface area is 101 Å². The van der Waals surface area contributed by atoms with Gasteiger partial charge in [-0.3, -0.25) is 0 Å². The summed E-state index contributed by atoms with van der Waals surface area (Å²) in [5, 5.41) is 10.2. The second-order valence-electron chi connectivity index (χ2n) is 4.72. The van der Waals surface area contributed by atoms with Gasteiger partial charge in [0.15, 0.2) is 0 Å². The maximum atomic E-state index is 9.55. The van der Waals surface area contributed by atoms with E-state index in [0.717, 1.165) is 17.5 Å². The third kappa shape index (κ3) is 1.61. The number of hydrogen-bond donors (Lipinski definition) is 1. The predicted molar refractivity (Wildman–Crippen MR) is 65.3 cm³/mol. The van der Waals surface area contributed by atoms with Crippen LogP contribution in [-0.2, 0) is 5.41 Å². The van der Waals surface area contributed by atoms with Crippen molar-refractivity contribution in [3.63, 3.8) is 0 Å². The lowest BCUT2D eigenvalue weighted by atomic mass is 9.90. The molecule has 1 N–H and O–H groups in total. The monoisotopic (exact) mass is 240 g/mol. The van der Waals surface area contributed by atoms with E-state index in [1.807, 2.05) is 19.1 Å². The second kappa shape index (κ2) is 3.94. The lowest BCUT2D eigenvalue weighted by Crippen LogP contribution is -2.16. The van der Waals surface area contributed by atoms with Crippen LogP contribution in [0.25, 0.3) is 0 Å². The first-order valence-electron chi connectivity index (χ1n) is 5.50. The summed E-state index contributed by atoms with van der Waals surface area (Å²) in [6.45, 7) is 4.39. The van der Waals surface area contributed by atoms with Crippen LogP contribution >= 0.6 is 11.6 Å². The van der Waals surface area contributed by atoms with Gasteiger partial charge >= 0.3 is 0 Å². The number of rotatable bonds is 3. The molecule has 1 aliphatic carbocycles. The minimum absolute atomic E-state index is 0.0694. The fraction of sp³-hybridized carbons (Fsp3) is 0.538. The molecule has 2 rings (SSSR count). The van der Waals surface area contributed by atoms with Gasteiger partial charge in [-0.1, -0.05) is 18.5 Å². The maximum Gasteiger partial charge on any atom is 0.137 e. The molecule has 0 aliphatic heterocycles. The predicted octanol–water partition coefficient (Wildman–Crippen LogP) is 2.93. The third-order valence-electron chi connectivity index (χ3n) is 3.77. The zero-order valence-corrected chi connectivity index (χ0v) is 10.6. The van der Waals surface area contributed by atoms with Gasteiger partial charge in [-0.25, -0.2) is 0 Å². The first kappa shape index (κ1) is 11.7. The molecule has 16 heavy (non-hydrogen) atoms. The molecule has 3 heteroatoms. The molecule has 0 bridgehead atoms. The number of halogens is 1. The summed E-state index contributed by atoms with van der Waals surface area (Å²) in [4.78, 5) is 0. The number of benzene rings is 1. The molecule has 0 spiro atoms. The molecule has 1 aliphatic rings. The van der Waals surface area contributed by atoms with Crippen molar-refractivity contribution < 1.29 is 9.84 Å². The van der Waals surface area contributed by atoms with Crippen molar-refractivity contribution in [3.05, 3.63) is 28.3 Å². The van der Waals surface area contributed by atoms with E-state index in [1.54, 1.807) is 7.11 Å². The highest BCUT2D eigenvalue weighted by molar-refractivity contribution is 6.32.